The Hall–Kier alpha value is -3.68. The molecule has 8 nitrogen and oxygen atoms in total. The van der Waals surface area contributed by atoms with Crippen LogP contribution in [0.4, 0.5) is 4.79 Å². The molecule has 0 saturated carbocycles. The van der Waals surface area contributed by atoms with Gasteiger partial charge in [0.2, 0.25) is 11.7 Å². The van der Waals surface area contributed by atoms with Crippen LogP contribution in [0.1, 0.15) is 37.0 Å². The largest absolute Gasteiger partial charge is 0.465 e. The van der Waals surface area contributed by atoms with Crippen LogP contribution in [0.2, 0.25) is 0 Å². The summed E-state index contributed by atoms with van der Waals surface area (Å²) in [5.41, 5.74) is 3.06. The number of nitrogens with one attached hydrogen (secondary N) is 3. The molecule has 1 aliphatic carbocycles. The smallest absolute Gasteiger partial charge is 0.405 e. The predicted molar refractivity (Wildman–Crippen MR) is 127 cm³/mol. The second-order valence-corrected chi connectivity index (χ2v) is 9.09. The molecule has 0 unspecified atom stereocenters. The molecular formula is C26H31N3O5. The Balaban J connectivity index is 1.72. The van der Waals surface area contributed by atoms with Gasteiger partial charge in [-0.3, -0.25) is 14.4 Å². The zero-order chi connectivity index (χ0) is 24.7. The van der Waals surface area contributed by atoms with Gasteiger partial charge in [-0.05, 0) is 41.9 Å². The molecule has 2 aromatic rings. The molecule has 2 aromatic carbocycles. The minimum atomic E-state index is -1.33. The molecule has 0 radical (unpaired) electrons. The van der Waals surface area contributed by atoms with Gasteiger partial charge >= 0.3 is 6.09 Å². The highest BCUT2D eigenvalue weighted by molar-refractivity contribution is 6.38. The van der Waals surface area contributed by atoms with Crippen molar-refractivity contribution in [2.24, 2.45) is 5.92 Å². The fourth-order valence-electron chi connectivity index (χ4n) is 4.26. The van der Waals surface area contributed by atoms with Crippen molar-refractivity contribution in [2.45, 2.75) is 57.7 Å². The highest BCUT2D eigenvalue weighted by atomic mass is 16.4. The van der Waals surface area contributed by atoms with E-state index in [2.05, 4.69) is 16.0 Å². The maximum atomic E-state index is 13.1. The number of ketones is 1. The zero-order valence-corrected chi connectivity index (χ0v) is 19.4. The van der Waals surface area contributed by atoms with Gasteiger partial charge < -0.3 is 21.1 Å². The fourth-order valence-corrected chi connectivity index (χ4v) is 4.26. The summed E-state index contributed by atoms with van der Waals surface area (Å²) in [5.74, 6) is -2.11. The Labute approximate surface area is 199 Å². The maximum Gasteiger partial charge on any atom is 0.405 e. The summed E-state index contributed by atoms with van der Waals surface area (Å²) < 4.78 is 0. The lowest BCUT2D eigenvalue weighted by molar-refractivity contribution is -0.140. The van der Waals surface area contributed by atoms with E-state index in [4.69, 9.17) is 5.11 Å². The van der Waals surface area contributed by atoms with Crippen molar-refractivity contribution in [3.8, 4) is 0 Å². The van der Waals surface area contributed by atoms with Crippen LogP contribution in [-0.4, -0.2) is 46.9 Å². The van der Waals surface area contributed by atoms with E-state index in [1.54, 1.807) is 12.1 Å². The van der Waals surface area contributed by atoms with Crippen molar-refractivity contribution in [3.63, 3.8) is 0 Å². The first-order valence-corrected chi connectivity index (χ1v) is 11.5. The van der Waals surface area contributed by atoms with E-state index in [0.29, 0.717) is 12.8 Å². The summed E-state index contributed by atoms with van der Waals surface area (Å²) in [4.78, 5) is 50.1. The molecule has 0 heterocycles. The molecule has 1 aliphatic rings. The second-order valence-electron chi connectivity index (χ2n) is 9.09. The minimum absolute atomic E-state index is 0.0400. The number of benzene rings is 2. The molecule has 0 fully saturated rings. The van der Waals surface area contributed by atoms with Gasteiger partial charge in [-0.25, -0.2) is 4.79 Å². The lowest BCUT2D eigenvalue weighted by Crippen LogP contribution is -2.55. The fraction of sp³-hybridized carbons (Fsp3) is 0.385. The van der Waals surface area contributed by atoms with Crippen LogP contribution in [-0.2, 0) is 33.6 Å². The van der Waals surface area contributed by atoms with Crippen LogP contribution in [0, 0.1) is 5.92 Å². The third kappa shape index (κ3) is 6.91. The number of fused-ring (bicyclic) bond motifs is 1. The summed E-state index contributed by atoms with van der Waals surface area (Å²) in [7, 11) is 0. The first kappa shape index (κ1) is 25.0. The van der Waals surface area contributed by atoms with Gasteiger partial charge in [0.1, 0.15) is 12.1 Å². The van der Waals surface area contributed by atoms with Crippen LogP contribution in [0.15, 0.2) is 54.6 Å². The molecule has 0 bridgehead atoms. The molecule has 8 heteroatoms. The van der Waals surface area contributed by atoms with Gasteiger partial charge in [-0.1, -0.05) is 68.4 Å². The Morgan fingerprint density at radius 1 is 0.882 bits per heavy atom. The van der Waals surface area contributed by atoms with E-state index in [9.17, 15) is 19.2 Å². The zero-order valence-electron chi connectivity index (χ0n) is 19.4. The number of hydrogen-bond donors (Lipinski definition) is 4. The highest BCUT2D eigenvalue weighted by Gasteiger charge is 2.32. The van der Waals surface area contributed by atoms with Gasteiger partial charge in [-0.15, -0.1) is 0 Å². The summed E-state index contributed by atoms with van der Waals surface area (Å²) in [5, 5.41) is 16.8. The van der Waals surface area contributed by atoms with Gasteiger partial charge in [-0.2, -0.15) is 0 Å². The number of amides is 3. The molecule has 0 saturated heterocycles. The molecule has 34 heavy (non-hydrogen) atoms. The van der Waals surface area contributed by atoms with Crippen molar-refractivity contribution in [1.82, 2.24) is 16.0 Å². The third-order valence-corrected chi connectivity index (χ3v) is 5.85. The molecule has 0 spiro atoms. The molecule has 180 valence electrons. The van der Waals surface area contributed by atoms with Crippen molar-refractivity contribution < 1.29 is 24.3 Å². The van der Waals surface area contributed by atoms with E-state index in [0.717, 1.165) is 16.7 Å². The minimum Gasteiger partial charge on any atom is -0.465 e. The van der Waals surface area contributed by atoms with E-state index in [1.807, 2.05) is 56.3 Å². The Morgan fingerprint density at radius 2 is 1.47 bits per heavy atom. The summed E-state index contributed by atoms with van der Waals surface area (Å²) in [6.45, 7) is 3.73. The van der Waals surface area contributed by atoms with Crippen molar-refractivity contribution in [1.29, 1.82) is 0 Å². The Morgan fingerprint density at radius 3 is 2.03 bits per heavy atom. The molecular weight excluding hydrogens is 434 g/mol. The van der Waals surface area contributed by atoms with Gasteiger partial charge in [0.25, 0.3) is 5.91 Å². The summed E-state index contributed by atoms with van der Waals surface area (Å²) in [6.07, 6.45) is 0.334. The number of hydrogen-bond acceptors (Lipinski definition) is 4. The number of carboxylic acid groups (broad SMARTS) is 1. The Kier molecular flexibility index (Phi) is 8.40. The molecule has 0 aliphatic heterocycles. The van der Waals surface area contributed by atoms with Crippen LogP contribution < -0.4 is 16.0 Å². The Bertz CT molecular complexity index is 1010. The summed E-state index contributed by atoms with van der Waals surface area (Å²) >= 11 is 0. The molecule has 2 atom stereocenters. The molecule has 3 rings (SSSR count). The average Bonchev–Trinajstić information content (AvgIpc) is 3.20. The number of carbonyl (C=O) groups excluding carboxylic acids is 3. The highest BCUT2D eigenvalue weighted by Crippen LogP contribution is 2.21. The van der Waals surface area contributed by atoms with E-state index in [-0.39, 0.29) is 24.8 Å². The molecule has 4 N–H and O–H groups in total. The van der Waals surface area contributed by atoms with Gasteiger partial charge in [0.15, 0.2) is 0 Å². The maximum absolute atomic E-state index is 13.1. The van der Waals surface area contributed by atoms with Crippen LogP contribution >= 0.6 is 0 Å². The van der Waals surface area contributed by atoms with Crippen LogP contribution in [0.25, 0.3) is 0 Å². The monoisotopic (exact) mass is 465 g/mol. The average molecular weight is 466 g/mol. The summed E-state index contributed by atoms with van der Waals surface area (Å²) in [6, 6.07) is 14.6. The normalized spacial score (nSPS) is 14.7. The second kappa shape index (κ2) is 11.4. The van der Waals surface area contributed by atoms with E-state index in [1.165, 1.54) is 0 Å². The number of Topliss-reactive ketones (excluding diaryl/α,β-unsaturated/α-hetero) is 1. The van der Waals surface area contributed by atoms with Crippen molar-refractivity contribution in [2.75, 3.05) is 0 Å². The first-order chi connectivity index (χ1) is 16.2. The number of rotatable bonds is 10. The van der Waals surface area contributed by atoms with Crippen molar-refractivity contribution in [3.05, 3.63) is 71.3 Å². The van der Waals surface area contributed by atoms with E-state index < -0.39 is 35.8 Å². The van der Waals surface area contributed by atoms with Crippen molar-refractivity contribution >= 4 is 23.7 Å². The van der Waals surface area contributed by atoms with Gasteiger partial charge in [0, 0.05) is 12.5 Å². The quantitative estimate of drug-likeness (QED) is 0.401. The SMILES string of the molecule is CC(C)C[C@H](NC(=O)O)C(=O)N[C@@H](Cc1ccccc1)C(=O)C(=O)NC1Cc2ccccc2C1. The van der Waals surface area contributed by atoms with E-state index >= 15 is 0 Å². The van der Waals surface area contributed by atoms with Crippen LogP contribution in [0.3, 0.4) is 0 Å². The molecule has 3 amide bonds. The van der Waals surface area contributed by atoms with Crippen LogP contribution in [0.5, 0.6) is 0 Å². The number of carbonyl (C=O) groups is 4. The lowest BCUT2D eigenvalue weighted by atomic mass is 9.99. The third-order valence-electron chi connectivity index (χ3n) is 5.85. The standard InChI is InChI=1S/C26H31N3O5/c1-16(2)12-22(29-26(33)34)24(31)28-21(13-17-8-4-3-5-9-17)23(30)25(32)27-20-14-18-10-6-7-11-19(18)15-20/h3-11,16,20-22,29H,12-15H2,1-2H3,(H,27,32)(H,28,31)(H,33,34)/t21-,22-/m0/s1. The first-order valence-electron chi connectivity index (χ1n) is 11.5. The topological polar surface area (TPSA) is 125 Å². The predicted octanol–water partition coefficient (Wildman–Crippen LogP) is 2.25. The lowest BCUT2D eigenvalue weighted by Gasteiger charge is -2.23. The molecule has 0 aromatic heterocycles. The van der Waals surface area contributed by atoms with Gasteiger partial charge in [0.05, 0.1) is 0 Å².